The number of aliphatic carboxylic acids is 1. The molecule has 76 valence electrons. The first-order valence-electron chi connectivity index (χ1n) is 4.36. The van der Waals surface area contributed by atoms with Crippen LogP contribution in [0.25, 0.3) is 0 Å². The SMILES string of the molecule is NC(CCC(=O)O)c1cccc(O)c1. The van der Waals surface area contributed by atoms with E-state index in [1.165, 1.54) is 0 Å². The number of hydrogen-bond donors (Lipinski definition) is 3. The Morgan fingerprint density at radius 1 is 1.50 bits per heavy atom. The molecule has 0 aliphatic rings. The van der Waals surface area contributed by atoms with Gasteiger partial charge in [0.25, 0.3) is 0 Å². The summed E-state index contributed by atoms with van der Waals surface area (Å²) < 4.78 is 0. The molecule has 0 fully saturated rings. The quantitative estimate of drug-likeness (QED) is 0.675. The van der Waals surface area contributed by atoms with Crippen LogP contribution in [0.5, 0.6) is 5.75 Å². The molecular formula is C10H13NO3. The third kappa shape index (κ3) is 3.06. The second kappa shape index (κ2) is 4.62. The molecule has 0 saturated heterocycles. The topological polar surface area (TPSA) is 83.6 Å². The highest BCUT2D eigenvalue weighted by Crippen LogP contribution is 2.19. The van der Waals surface area contributed by atoms with Crippen LogP contribution in [0.4, 0.5) is 0 Å². The molecule has 14 heavy (non-hydrogen) atoms. The van der Waals surface area contributed by atoms with E-state index in [1.54, 1.807) is 24.3 Å². The van der Waals surface area contributed by atoms with Gasteiger partial charge in [0.05, 0.1) is 0 Å². The largest absolute Gasteiger partial charge is 0.508 e. The van der Waals surface area contributed by atoms with Crippen molar-refractivity contribution < 1.29 is 15.0 Å². The van der Waals surface area contributed by atoms with E-state index in [0.29, 0.717) is 6.42 Å². The highest BCUT2D eigenvalue weighted by Gasteiger charge is 2.08. The number of rotatable bonds is 4. The molecule has 4 nitrogen and oxygen atoms in total. The van der Waals surface area contributed by atoms with Gasteiger partial charge in [-0.2, -0.15) is 0 Å². The summed E-state index contributed by atoms with van der Waals surface area (Å²) in [7, 11) is 0. The maximum absolute atomic E-state index is 10.3. The van der Waals surface area contributed by atoms with Gasteiger partial charge in [-0.15, -0.1) is 0 Å². The number of phenolic OH excluding ortho intramolecular Hbond substituents is 1. The summed E-state index contributed by atoms with van der Waals surface area (Å²) in [5.41, 5.74) is 6.49. The van der Waals surface area contributed by atoms with Crippen molar-refractivity contribution in [2.75, 3.05) is 0 Å². The molecule has 0 radical (unpaired) electrons. The summed E-state index contributed by atoms with van der Waals surface area (Å²) in [5, 5.41) is 17.6. The summed E-state index contributed by atoms with van der Waals surface area (Å²) in [6.07, 6.45) is 0.412. The van der Waals surface area contributed by atoms with E-state index in [4.69, 9.17) is 15.9 Å². The summed E-state index contributed by atoms with van der Waals surface area (Å²) >= 11 is 0. The van der Waals surface area contributed by atoms with E-state index in [2.05, 4.69) is 0 Å². The third-order valence-corrected chi connectivity index (χ3v) is 1.97. The zero-order chi connectivity index (χ0) is 10.6. The zero-order valence-electron chi connectivity index (χ0n) is 7.68. The van der Waals surface area contributed by atoms with Crippen molar-refractivity contribution in [3.05, 3.63) is 29.8 Å². The van der Waals surface area contributed by atoms with Gasteiger partial charge in [-0.25, -0.2) is 0 Å². The van der Waals surface area contributed by atoms with Crippen LogP contribution < -0.4 is 5.73 Å². The maximum Gasteiger partial charge on any atom is 0.303 e. The van der Waals surface area contributed by atoms with Crippen LogP contribution in [-0.4, -0.2) is 16.2 Å². The molecule has 0 aromatic heterocycles. The predicted octanol–water partition coefficient (Wildman–Crippen LogP) is 1.26. The molecule has 0 saturated carbocycles. The molecule has 4 N–H and O–H groups in total. The zero-order valence-corrected chi connectivity index (χ0v) is 7.68. The minimum atomic E-state index is -0.861. The molecule has 4 heteroatoms. The highest BCUT2D eigenvalue weighted by molar-refractivity contribution is 5.66. The molecule has 0 bridgehead atoms. The van der Waals surface area contributed by atoms with Gasteiger partial charge in [0.1, 0.15) is 5.75 Å². The maximum atomic E-state index is 10.3. The van der Waals surface area contributed by atoms with Crippen molar-refractivity contribution in [1.82, 2.24) is 0 Å². The Balaban J connectivity index is 2.60. The van der Waals surface area contributed by atoms with Gasteiger partial charge in [0.15, 0.2) is 0 Å². The number of benzene rings is 1. The average molecular weight is 195 g/mol. The number of nitrogens with two attached hydrogens (primary N) is 1. The van der Waals surface area contributed by atoms with Crippen molar-refractivity contribution in [2.24, 2.45) is 5.73 Å². The summed E-state index contributed by atoms with van der Waals surface area (Å²) in [6, 6.07) is 6.22. The van der Waals surface area contributed by atoms with Gasteiger partial charge >= 0.3 is 5.97 Å². The molecule has 1 aromatic rings. The van der Waals surface area contributed by atoms with Crippen LogP contribution in [0.3, 0.4) is 0 Å². The summed E-state index contributed by atoms with van der Waals surface area (Å²) in [4.78, 5) is 10.3. The minimum absolute atomic E-state index is 0.0385. The van der Waals surface area contributed by atoms with Crippen LogP contribution in [0.2, 0.25) is 0 Å². The van der Waals surface area contributed by atoms with Crippen molar-refractivity contribution >= 4 is 5.97 Å². The lowest BCUT2D eigenvalue weighted by atomic mass is 10.0. The van der Waals surface area contributed by atoms with E-state index < -0.39 is 5.97 Å². The predicted molar refractivity (Wildman–Crippen MR) is 51.9 cm³/mol. The molecular weight excluding hydrogens is 182 g/mol. The monoisotopic (exact) mass is 195 g/mol. The van der Waals surface area contributed by atoms with Crippen LogP contribution in [-0.2, 0) is 4.79 Å². The Labute approximate surface area is 82.0 Å². The number of carboxylic acids is 1. The van der Waals surface area contributed by atoms with Gasteiger partial charge in [0, 0.05) is 12.5 Å². The van der Waals surface area contributed by atoms with Crippen molar-refractivity contribution in [2.45, 2.75) is 18.9 Å². The van der Waals surface area contributed by atoms with Crippen LogP contribution in [0.1, 0.15) is 24.4 Å². The summed E-state index contributed by atoms with van der Waals surface area (Å²) in [6.45, 7) is 0. The average Bonchev–Trinajstić information content (AvgIpc) is 2.14. The molecule has 1 aromatic carbocycles. The number of hydrogen-bond acceptors (Lipinski definition) is 3. The molecule has 0 spiro atoms. The van der Waals surface area contributed by atoms with Crippen molar-refractivity contribution in [3.8, 4) is 5.75 Å². The van der Waals surface area contributed by atoms with E-state index in [1.807, 2.05) is 0 Å². The lowest BCUT2D eigenvalue weighted by Crippen LogP contribution is -2.12. The first-order valence-corrected chi connectivity index (χ1v) is 4.36. The Kier molecular flexibility index (Phi) is 3.48. The minimum Gasteiger partial charge on any atom is -0.508 e. The lowest BCUT2D eigenvalue weighted by Gasteiger charge is -2.10. The van der Waals surface area contributed by atoms with Gasteiger partial charge in [-0.05, 0) is 24.1 Å². The second-order valence-electron chi connectivity index (χ2n) is 3.13. The molecule has 1 unspecified atom stereocenters. The molecule has 1 atom stereocenters. The van der Waals surface area contributed by atoms with Gasteiger partial charge in [-0.3, -0.25) is 4.79 Å². The van der Waals surface area contributed by atoms with Crippen LogP contribution in [0.15, 0.2) is 24.3 Å². The van der Waals surface area contributed by atoms with E-state index >= 15 is 0 Å². The molecule has 0 heterocycles. The van der Waals surface area contributed by atoms with E-state index in [-0.39, 0.29) is 18.2 Å². The fraction of sp³-hybridized carbons (Fsp3) is 0.300. The fourth-order valence-electron chi connectivity index (χ4n) is 1.20. The van der Waals surface area contributed by atoms with Gasteiger partial charge < -0.3 is 15.9 Å². The number of carbonyl (C=O) groups is 1. The Morgan fingerprint density at radius 3 is 2.79 bits per heavy atom. The smallest absolute Gasteiger partial charge is 0.303 e. The first-order chi connectivity index (χ1) is 6.59. The lowest BCUT2D eigenvalue weighted by molar-refractivity contribution is -0.137. The van der Waals surface area contributed by atoms with Gasteiger partial charge in [0.2, 0.25) is 0 Å². The summed E-state index contributed by atoms with van der Waals surface area (Å²) in [5.74, 6) is -0.714. The van der Waals surface area contributed by atoms with Crippen LogP contribution in [0, 0.1) is 0 Å². The van der Waals surface area contributed by atoms with Crippen molar-refractivity contribution in [1.29, 1.82) is 0 Å². The van der Waals surface area contributed by atoms with E-state index in [0.717, 1.165) is 5.56 Å². The first kappa shape index (κ1) is 10.5. The fourth-order valence-corrected chi connectivity index (χ4v) is 1.20. The number of carboxylic acid groups (broad SMARTS) is 1. The van der Waals surface area contributed by atoms with Crippen molar-refractivity contribution in [3.63, 3.8) is 0 Å². The molecule has 0 aliphatic heterocycles. The van der Waals surface area contributed by atoms with E-state index in [9.17, 15) is 4.79 Å². The Hall–Kier alpha value is -1.55. The standard InChI is InChI=1S/C10H13NO3/c11-9(4-5-10(13)14)7-2-1-3-8(12)6-7/h1-3,6,9,12H,4-5,11H2,(H,13,14). The second-order valence-corrected chi connectivity index (χ2v) is 3.13. The number of phenols is 1. The third-order valence-electron chi connectivity index (χ3n) is 1.97. The molecule has 0 aliphatic carbocycles. The number of aromatic hydroxyl groups is 1. The molecule has 0 amide bonds. The van der Waals surface area contributed by atoms with Gasteiger partial charge in [-0.1, -0.05) is 12.1 Å². The normalized spacial score (nSPS) is 12.4. The van der Waals surface area contributed by atoms with Crippen LogP contribution >= 0.6 is 0 Å². The Morgan fingerprint density at radius 2 is 2.21 bits per heavy atom. The molecule has 1 rings (SSSR count). The highest BCUT2D eigenvalue weighted by atomic mass is 16.4. The Bertz CT molecular complexity index is 325.